The molecule has 2 atom stereocenters. The number of hydrogen-bond donors (Lipinski definition) is 1. The Morgan fingerprint density at radius 2 is 1.67 bits per heavy atom. The number of para-hydroxylation sites is 1. The van der Waals surface area contributed by atoms with Crippen molar-refractivity contribution >= 4 is 22.7 Å². The van der Waals surface area contributed by atoms with Crippen molar-refractivity contribution in [2.24, 2.45) is 0 Å². The molecular weight excluding hydrogens is 446 g/mol. The van der Waals surface area contributed by atoms with Gasteiger partial charge in [-0.1, -0.05) is 65.7 Å². The number of amides is 2. The van der Waals surface area contributed by atoms with Gasteiger partial charge in [0, 0.05) is 35.8 Å². The van der Waals surface area contributed by atoms with Gasteiger partial charge in [-0.2, -0.15) is 0 Å². The monoisotopic (exact) mass is 477 g/mol. The van der Waals surface area contributed by atoms with Crippen LogP contribution in [-0.2, 0) is 6.42 Å². The van der Waals surface area contributed by atoms with Crippen LogP contribution >= 0.6 is 0 Å². The van der Waals surface area contributed by atoms with Crippen molar-refractivity contribution in [3.05, 3.63) is 113 Å². The van der Waals surface area contributed by atoms with Crippen LogP contribution in [0.4, 0.5) is 0 Å². The van der Waals surface area contributed by atoms with E-state index in [2.05, 4.69) is 28.5 Å². The van der Waals surface area contributed by atoms with E-state index in [4.69, 9.17) is 0 Å². The van der Waals surface area contributed by atoms with Crippen LogP contribution in [0.25, 0.3) is 10.9 Å². The molecule has 0 unspecified atom stereocenters. The third kappa shape index (κ3) is 5.15. The molecule has 0 radical (unpaired) electrons. The number of pyridine rings is 1. The Kier molecular flexibility index (Phi) is 6.81. The van der Waals surface area contributed by atoms with Gasteiger partial charge in [0.25, 0.3) is 11.8 Å². The molecule has 0 spiro atoms. The number of hydrogen-bond acceptors (Lipinski definition) is 3. The van der Waals surface area contributed by atoms with Gasteiger partial charge in [0.15, 0.2) is 0 Å². The highest BCUT2D eigenvalue weighted by Crippen LogP contribution is 2.25. The number of nitrogens with one attached hydrogen (secondary N) is 1. The zero-order valence-electron chi connectivity index (χ0n) is 20.8. The van der Waals surface area contributed by atoms with Crippen LogP contribution in [0.5, 0.6) is 0 Å². The van der Waals surface area contributed by atoms with E-state index < -0.39 is 0 Å². The van der Waals surface area contributed by atoms with Crippen LogP contribution in [0.1, 0.15) is 50.2 Å². The summed E-state index contributed by atoms with van der Waals surface area (Å²) in [6.45, 7) is 4.65. The standard InChI is InChI=1S/C31H31N3O2/c1-21-16-22(2)18-24(17-21)31(36)34-15-13-25(20-26(34)19-23-8-4-3-5-9-23)33-30(35)28-12-14-32-29-11-7-6-10-27(28)29/h3-12,14,16-18,25-26H,13,15,19-20H2,1-2H3,(H,33,35)/t25-,26+/m0/s1. The van der Waals surface area contributed by atoms with Gasteiger partial charge >= 0.3 is 0 Å². The summed E-state index contributed by atoms with van der Waals surface area (Å²) < 4.78 is 0. The van der Waals surface area contributed by atoms with Crippen LogP contribution in [0.3, 0.4) is 0 Å². The predicted octanol–water partition coefficient (Wildman–Crippen LogP) is 5.50. The minimum atomic E-state index is -0.0915. The number of piperidine rings is 1. The van der Waals surface area contributed by atoms with Gasteiger partial charge in [0.05, 0.1) is 11.1 Å². The number of fused-ring (bicyclic) bond motifs is 1. The summed E-state index contributed by atoms with van der Waals surface area (Å²) in [5.74, 6) is -0.0289. The molecule has 5 heteroatoms. The fourth-order valence-electron chi connectivity index (χ4n) is 5.35. The van der Waals surface area contributed by atoms with E-state index in [1.165, 1.54) is 5.56 Å². The first-order valence-electron chi connectivity index (χ1n) is 12.6. The van der Waals surface area contributed by atoms with Crippen LogP contribution in [0.2, 0.25) is 0 Å². The smallest absolute Gasteiger partial charge is 0.254 e. The van der Waals surface area contributed by atoms with Gasteiger partial charge in [-0.3, -0.25) is 14.6 Å². The number of likely N-dealkylation sites (tertiary alicyclic amines) is 1. The average molecular weight is 478 g/mol. The molecule has 1 aliphatic rings. The molecular formula is C31H31N3O2. The quantitative estimate of drug-likeness (QED) is 0.413. The van der Waals surface area contributed by atoms with Crippen molar-refractivity contribution in [3.63, 3.8) is 0 Å². The maximum atomic E-state index is 13.6. The molecule has 0 saturated carbocycles. The zero-order chi connectivity index (χ0) is 25.1. The van der Waals surface area contributed by atoms with Crippen LogP contribution in [0.15, 0.2) is 85.1 Å². The second-order valence-electron chi connectivity index (χ2n) is 9.79. The van der Waals surface area contributed by atoms with Gasteiger partial charge in [-0.05, 0) is 62.9 Å². The molecule has 0 bridgehead atoms. The fraction of sp³-hybridized carbons (Fsp3) is 0.258. The Labute approximate surface area is 212 Å². The molecule has 5 nitrogen and oxygen atoms in total. The molecule has 1 N–H and O–H groups in total. The van der Waals surface area contributed by atoms with Crippen molar-refractivity contribution in [3.8, 4) is 0 Å². The van der Waals surface area contributed by atoms with Crippen LogP contribution < -0.4 is 5.32 Å². The highest BCUT2D eigenvalue weighted by molar-refractivity contribution is 6.06. The maximum Gasteiger partial charge on any atom is 0.254 e. The zero-order valence-corrected chi connectivity index (χ0v) is 20.8. The first kappa shape index (κ1) is 23.7. The van der Waals surface area contributed by atoms with Crippen molar-refractivity contribution in [1.29, 1.82) is 0 Å². The average Bonchev–Trinajstić information content (AvgIpc) is 2.88. The van der Waals surface area contributed by atoms with Crippen molar-refractivity contribution in [2.45, 2.75) is 45.2 Å². The third-order valence-corrected chi connectivity index (χ3v) is 6.99. The summed E-state index contributed by atoms with van der Waals surface area (Å²) in [4.78, 5) is 33.3. The predicted molar refractivity (Wildman–Crippen MR) is 143 cm³/mol. The van der Waals surface area contributed by atoms with E-state index in [9.17, 15) is 9.59 Å². The van der Waals surface area contributed by atoms with Crippen LogP contribution in [-0.4, -0.2) is 40.3 Å². The topological polar surface area (TPSA) is 62.3 Å². The van der Waals surface area contributed by atoms with Gasteiger partial charge in [0.1, 0.15) is 0 Å². The third-order valence-electron chi connectivity index (χ3n) is 6.99. The fourth-order valence-corrected chi connectivity index (χ4v) is 5.35. The van der Waals surface area contributed by atoms with E-state index in [1.807, 2.05) is 73.3 Å². The highest BCUT2D eigenvalue weighted by Gasteiger charge is 2.33. The van der Waals surface area contributed by atoms with E-state index in [0.717, 1.165) is 40.4 Å². The lowest BCUT2D eigenvalue weighted by atomic mass is 9.91. The minimum absolute atomic E-state index is 0.00560. The van der Waals surface area contributed by atoms with E-state index >= 15 is 0 Å². The molecule has 1 aromatic heterocycles. The number of benzene rings is 3. The molecule has 2 amide bonds. The Morgan fingerprint density at radius 1 is 0.944 bits per heavy atom. The molecule has 36 heavy (non-hydrogen) atoms. The second kappa shape index (κ2) is 10.3. The van der Waals surface area contributed by atoms with Gasteiger partial charge < -0.3 is 10.2 Å². The Bertz CT molecular complexity index is 1370. The minimum Gasteiger partial charge on any atom is -0.349 e. The van der Waals surface area contributed by atoms with Gasteiger partial charge in [-0.15, -0.1) is 0 Å². The largest absolute Gasteiger partial charge is 0.349 e. The maximum absolute atomic E-state index is 13.6. The molecule has 1 fully saturated rings. The van der Waals surface area contributed by atoms with E-state index in [0.29, 0.717) is 18.5 Å². The van der Waals surface area contributed by atoms with Gasteiger partial charge in [0.2, 0.25) is 0 Å². The summed E-state index contributed by atoms with van der Waals surface area (Å²) in [7, 11) is 0. The Balaban J connectivity index is 1.37. The Morgan fingerprint density at radius 3 is 2.44 bits per heavy atom. The first-order valence-corrected chi connectivity index (χ1v) is 12.6. The van der Waals surface area contributed by atoms with E-state index in [-0.39, 0.29) is 23.9 Å². The molecule has 4 aromatic rings. The summed E-state index contributed by atoms with van der Waals surface area (Å²) >= 11 is 0. The van der Waals surface area contributed by atoms with Crippen molar-refractivity contribution in [2.75, 3.05) is 6.54 Å². The lowest BCUT2D eigenvalue weighted by molar-refractivity contribution is 0.0571. The molecule has 5 rings (SSSR count). The lowest BCUT2D eigenvalue weighted by Crippen LogP contribution is -2.52. The van der Waals surface area contributed by atoms with Crippen LogP contribution in [0, 0.1) is 13.8 Å². The number of nitrogens with zero attached hydrogens (tertiary/aromatic N) is 2. The Hall–Kier alpha value is -3.99. The molecule has 3 aromatic carbocycles. The lowest BCUT2D eigenvalue weighted by Gasteiger charge is -2.40. The number of rotatable bonds is 5. The van der Waals surface area contributed by atoms with Crippen molar-refractivity contribution < 1.29 is 9.59 Å². The molecule has 182 valence electrons. The molecule has 1 saturated heterocycles. The first-order chi connectivity index (χ1) is 17.5. The number of carbonyl (C=O) groups excluding carboxylic acids is 2. The molecule has 2 heterocycles. The number of aromatic nitrogens is 1. The number of carbonyl (C=O) groups is 2. The summed E-state index contributed by atoms with van der Waals surface area (Å²) in [6, 6.07) is 25.7. The molecule has 0 aliphatic carbocycles. The highest BCUT2D eigenvalue weighted by atomic mass is 16.2. The van der Waals surface area contributed by atoms with E-state index in [1.54, 1.807) is 12.3 Å². The second-order valence-corrected chi connectivity index (χ2v) is 9.79. The summed E-state index contributed by atoms with van der Waals surface area (Å²) in [6.07, 6.45) is 3.86. The SMILES string of the molecule is Cc1cc(C)cc(C(=O)N2CC[C@H](NC(=O)c3ccnc4ccccc34)C[C@H]2Cc2ccccc2)c1. The van der Waals surface area contributed by atoms with Gasteiger partial charge in [-0.25, -0.2) is 0 Å². The normalized spacial score (nSPS) is 17.7. The molecule has 1 aliphatic heterocycles. The number of aryl methyl sites for hydroxylation is 2. The summed E-state index contributed by atoms with van der Waals surface area (Å²) in [5.41, 5.74) is 5.54. The summed E-state index contributed by atoms with van der Waals surface area (Å²) in [5, 5.41) is 4.10. The van der Waals surface area contributed by atoms with Crippen molar-refractivity contribution in [1.82, 2.24) is 15.2 Å².